The van der Waals surface area contributed by atoms with Gasteiger partial charge in [0.25, 0.3) is 0 Å². The maximum absolute atomic E-state index is 13.8. The highest BCUT2D eigenvalue weighted by Gasteiger charge is 2.24. The molecule has 0 radical (unpaired) electrons. The van der Waals surface area contributed by atoms with E-state index in [1.807, 2.05) is 4.90 Å². The van der Waals surface area contributed by atoms with Crippen LogP contribution in [0.15, 0.2) is 12.3 Å². The zero-order valence-electron chi connectivity index (χ0n) is 10.3. The van der Waals surface area contributed by atoms with Gasteiger partial charge in [0.05, 0.1) is 5.02 Å². The van der Waals surface area contributed by atoms with Crippen molar-refractivity contribution in [3.05, 3.63) is 23.1 Å². The van der Waals surface area contributed by atoms with E-state index in [1.54, 1.807) is 0 Å². The molecule has 2 rings (SSSR count). The molecule has 17 heavy (non-hydrogen) atoms. The predicted molar refractivity (Wildman–Crippen MR) is 69.1 cm³/mol. The van der Waals surface area contributed by atoms with E-state index in [0.717, 1.165) is 25.9 Å². The molecule has 4 heteroatoms. The fourth-order valence-electron chi connectivity index (χ4n) is 2.27. The summed E-state index contributed by atoms with van der Waals surface area (Å²) in [5.74, 6) is 0.115. The lowest BCUT2D eigenvalue weighted by Gasteiger charge is -2.24. The Hall–Kier alpha value is -0.830. The summed E-state index contributed by atoms with van der Waals surface area (Å²) in [5, 5.41) is 0.349. The summed E-state index contributed by atoms with van der Waals surface area (Å²) in [7, 11) is 0. The highest BCUT2D eigenvalue weighted by molar-refractivity contribution is 6.30. The molecule has 1 fully saturated rings. The number of nitrogens with zero attached hydrogens (tertiary/aromatic N) is 2. The minimum Gasteiger partial charge on any atom is -0.354 e. The number of rotatable bonds is 1. The Labute approximate surface area is 107 Å². The predicted octanol–water partition coefficient (Wildman–Crippen LogP) is 3.89. The van der Waals surface area contributed by atoms with Gasteiger partial charge in [0.2, 0.25) is 0 Å². The smallest absolute Gasteiger partial charge is 0.167 e. The van der Waals surface area contributed by atoms with Crippen LogP contribution < -0.4 is 4.90 Å². The monoisotopic (exact) mass is 256 g/mol. The highest BCUT2D eigenvalue weighted by Crippen LogP contribution is 2.32. The number of halogens is 2. The molecule has 0 saturated carbocycles. The molecule has 0 spiro atoms. The van der Waals surface area contributed by atoms with Crippen LogP contribution in [0, 0.1) is 11.2 Å². The molecule has 1 aliphatic heterocycles. The van der Waals surface area contributed by atoms with E-state index in [4.69, 9.17) is 11.6 Å². The molecule has 94 valence electrons. The van der Waals surface area contributed by atoms with Gasteiger partial charge in [-0.1, -0.05) is 25.4 Å². The Morgan fingerprint density at radius 3 is 2.82 bits per heavy atom. The molecule has 0 amide bonds. The molecule has 2 nitrogen and oxygen atoms in total. The maximum Gasteiger partial charge on any atom is 0.167 e. The Balaban J connectivity index is 2.17. The fraction of sp³-hybridized carbons (Fsp3) is 0.615. The van der Waals surface area contributed by atoms with Gasteiger partial charge >= 0.3 is 0 Å². The van der Waals surface area contributed by atoms with E-state index in [9.17, 15) is 4.39 Å². The number of aromatic nitrogens is 1. The van der Waals surface area contributed by atoms with Gasteiger partial charge in [-0.2, -0.15) is 0 Å². The van der Waals surface area contributed by atoms with Gasteiger partial charge in [-0.05, 0) is 30.7 Å². The van der Waals surface area contributed by atoms with Crippen molar-refractivity contribution in [2.45, 2.75) is 33.1 Å². The first-order chi connectivity index (χ1) is 7.98. The molecular formula is C13H18ClFN2. The molecule has 1 aromatic heterocycles. The van der Waals surface area contributed by atoms with Gasteiger partial charge in [-0.15, -0.1) is 0 Å². The van der Waals surface area contributed by atoms with Crippen LogP contribution in [0.25, 0.3) is 0 Å². The van der Waals surface area contributed by atoms with Crippen LogP contribution in [0.1, 0.15) is 33.1 Å². The van der Waals surface area contributed by atoms with Crippen LogP contribution in [0.4, 0.5) is 10.2 Å². The average Bonchev–Trinajstić information content (AvgIpc) is 2.40. The second kappa shape index (κ2) is 4.81. The molecule has 1 aliphatic rings. The first kappa shape index (κ1) is 12.6. The van der Waals surface area contributed by atoms with Gasteiger partial charge < -0.3 is 4.90 Å². The highest BCUT2D eigenvalue weighted by atomic mass is 35.5. The maximum atomic E-state index is 13.8. The Bertz CT molecular complexity index is 406. The molecular weight excluding hydrogens is 239 g/mol. The van der Waals surface area contributed by atoms with E-state index in [2.05, 4.69) is 18.8 Å². The molecule has 0 aliphatic carbocycles. The van der Waals surface area contributed by atoms with E-state index in [0.29, 0.717) is 16.3 Å². The van der Waals surface area contributed by atoms with Crippen molar-refractivity contribution in [2.24, 2.45) is 5.41 Å². The first-order valence-electron chi connectivity index (χ1n) is 6.04. The van der Waals surface area contributed by atoms with Crippen LogP contribution in [-0.4, -0.2) is 18.1 Å². The lowest BCUT2D eigenvalue weighted by molar-refractivity contribution is 0.325. The molecule has 2 heterocycles. The Morgan fingerprint density at radius 1 is 1.35 bits per heavy atom. The summed E-state index contributed by atoms with van der Waals surface area (Å²) in [6, 6.07) is 1.33. The van der Waals surface area contributed by atoms with Crippen molar-refractivity contribution >= 4 is 17.4 Å². The first-order valence-corrected chi connectivity index (χ1v) is 6.42. The van der Waals surface area contributed by atoms with Crippen molar-refractivity contribution < 1.29 is 4.39 Å². The fourth-order valence-corrected chi connectivity index (χ4v) is 2.42. The molecule has 0 aromatic carbocycles. The van der Waals surface area contributed by atoms with Crippen LogP contribution in [0.3, 0.4) is 0 Å². The molecule has 1 aromatic rings. The largest absolute Gasteiger partial charge is 0.354 e. The summed E-state index contributed by atoms with van der Waals surface area (Å²) in [4.78, 5) is 6.14. The molecule has 0 bridgehead atoms. The minimum atomic E-state index is -0.322. The summed E-state index contributed by atoms with van der Waals surface area (Å²) in [6.45, 7) is 6.26. The number of hydrogen-bond donors (Lipinski definition) is 0. The van der Waals surface area contributed by atoms with Gasteiger partial charge in [0, 0.05) is 19.3 Å². The standard InChI is InChI=1S/C13H18ClFN2/c1-13(2)4-3-6-17(7-5-13)12-11(15)8-10(14)9-16-12/h8-9H,3-7H2,1-2H3. The topological polar surface area (TPSA) is 16.1 Å². The Morgan fingerprint density at radius 2 is 2.12 bits per heavy atom. The number of pyridine rings is 1. The quantitative estimate of drug-likeness (QED) is 0.758. The van der Waals surface area contributed by atoms with Crippen LogP contribution in [-0.2, 0) is 0 Å². The van der Waals surface area contributed by atoms with Gasteiger partial charge in [0.1, 0.15) is 0 Å². The lowest BCUT2D eigenvalue weighted by Crippen LogP contribution is -2.26. The summed E-state index contributed by atoms with van der Waals surface area (Å²) < 4.78 is 13.8. The minimum absolute atomic E-state index is 0.322. The van der Waals surface area contributed by atoms with E-state index in [1.165, 1.54) is 18.7 Å². The average molecular weight is 257 g/mol. The SMILES string of the molecule is CC1(C)CCCN(c2ncc(Cl)cc2F)CC1. The van der Waals surface area contributed by atoms with Crippen molar-refractivity contribution in [3.8, 4) is 0 Å². The summed E-state index contributed by atoms with van der Waals surface area (Å²) >= 11 is 5.71. The Kier molecular flexibility index (Phi) is 3.57. The third-order valence-electron chi connectivity index (χ3n) is 3.43. The number of hydrogen-bond acceptors (Lipinski definition) is 2. The van der Waals surface area contributed by atoms with Gasteiger partial charge in [-0.3, -0.25) is 0 Å². The van der Waals surface area contributed by atoms with Crippen molar-refractivity contribution in [1.82, 2.24) is 4.98 Å². The molecule has 0 N–H and O–H groups in total. The summed E-state index contributed by atoms with van der Waals surface area (Å²) in [5.41, 5.74) is 0.345. The van der Waals surface area contributed by atoms with E-state index >= 15 is 0 Å². The second-order valence-corrected chi connectivity index (χ2v) is 5.90. The zero-order valence-corrected chi connectivity index (χ0v) is 11.1. The van der Waals surface area contributed by atoms with Crippen molar-refractivity contribution in [1.29, 1.82) is 0 Å². The number of anilines is 1. The van der Waals surface area contributed by atoms with Crippen molar-refractivity contribution in [2.75, 3.05) is 18.0 Å². The molecule has 0 unspecified atom stereocenters. The summed E-state index contributed by atoms with van der Waals surface area (Å²) in [6.07, 6.45) is 4.84. The third kappa shape index (κ3) is 3.09. The van der Waals surface area contributed by atoms with Crippen LogP contribution in [0.2, 0.25) is 5.02 Å². The molecule has 1 saturated heterocycles. The second-order valence-electron chi connectivity index (χ2n) is 5.46. The van der Waals surface area contributed by atoms with Crippen LogP contribution in [0.5, 0.6) is 0 Å². The molecule has 0 atom stereocenters. The zero-order chi connectivity index (χ0) is 12.5. The third-order valence-corrected chi connectivity index (χ3v) is 3.63. The normalized spacial score (nSPS) is 20.1. The van der Waals surface area contributed by atoms with Gasteiger partial charge in [0.15, 0.2) is 11.6 Å². The lowest BCUT2D eigenvalue weighted by atomic mass is 9.85. The van der Waals surface area contributed by atoms with Crippen molar-refractivity contribution in [3.63, 3.8) is 0 Å². The van der Waals surface area contributed by atoms with Crippen LogP contribution >= 0.6 is 11.6 Å². The van der Waals surface area contributed by atoms with E-state index < -0.39 is 0 Å². The van der Waals surface area contributed by atoms with Gasteiger partial charge in [-0.25, -0.2) is 9.37 Å². The van der Waals surface area contributed by atoms with E-state index in [-0.39, 0.29) is 5.82 Å².